The summed E-state index contributed by atoms with van der Waals surface area (Å²) in [4.78, 5) is 11.7. The van der Waals surface area contributed by atoms with Crippen molar-refractivity contribution in [3.05, 3.63) is 70.3 Å². The fourth-order valence-electron chi connectivity index (χ4n) is 4.08. The van der Waals surface area contributed by atoms with Gasteiger partial charge in [-0.05, 0) is 36.1 Å². The zero-order valence-corrected chi connectivity index (χ0v) is 14.5. The fourth-order valence-corrected chi connectivity index (χ4v) is 4.36. The Balaban J connectivity index is 1.89. The summed E-state index contributed by atoms with van der Waals surface area (Å²) in [6, 6.07) is 10.8. The Labute approximate surface area is 151 Å². The molecule has 0 radical (unpaired) electrons. The molecule has 3 atom stereocenters. The molecule has 0 fully saturated rings. The number of carbonyl (C=O) groups is 1. The third-order valence-electron chi connectivity index (χ3n) is 5.17. The summed E-state index contributed by atoms with van der Waals surface area (Å²) in [5, 5.41) is 13.8. The highest BCUT2D eigenvalue weighted by Crippen LogP contribution is 2.54. The largest absolute Gasteiger partial charge is 0.495 e. The maximum Gasteiger partial charge on any atom is 0.336 e. The number of hydrogen-bond acceptors (Lipinski definition) is 3. The fraction of sp³-hybridized carbons (Fsp3) is 0.250. The second kappa shape index (κ2) is 6.12. The van der Waals surface area contributed by atoms with Gasteiger partial charge in [0.05, 0.1) is 24.4 Å². The Morgan fingerprint density at radius 1 is 1.28 bits per heavy atom. The molecule has 2 aromatic rings. The van der Waals surface area contributed by atoms with Gasteiger partial charge in [-0.2, -0.15) is 0 Å². The molecule has 2 aromatic carbocycles. The lowest BCUT2D eigenvalue weighted by molar-refractivity contribution is 0.0694. The van der Waals surface area contributed by atoms with E-state index in [1.165, 1.54) is 0 Å². The molecule has 0 spiro atoms. The smallest absolute Gasteiger partial charge is 0.336 e. The molecule has 1 aliphatic heterocycles. The van der Waals surface area contributed by atoms with Crippen molar-refractivity contribution in [1.29, 1.82) is 0 Å². The van der Waals surface area contributed by atoms with Crippen molar-refractivity contribution in [2.45, 2.75) is 18.4 Å². The van der Waals surface area contributed by atoms with Crippen molar-refractivity contribution in [2.24, 2.45) is 5.92 Å². The molecule has 1 heterocycles. The van der Waals surface area contributed by atoms with Gasteiger partial charge in [-0.3, -0.25) is 0 Å². The van der Waals surface area contributed by atoms with Crippen LogP contribution in [0.5, 0.6) is 5.75 Å². The summed E-state index contributed by atoms with van der Waals surface area (Å²) in [6.45, 7) is 0. The zero-order valence-electron chi connectivity index (χ0n) is 13.7. The topological polar surface area (TPSA) is 58.6 Å². The van der Waals surface area contributed by atoms with Gasteiger partial charge >= 0.3 is 5.97 Å². The lowest BCUT2D eigenvalue weighted by Crippen LogP contribution is -2.30. The second-order valence-electron chi connectivity index (χ2n) is 6.41. The maximum absolute atomic E-state index is 11.7. The molecule has 2 N–H and O–H groups in total. The predicted octanol–water partition coefficient (Wildman–Crippen LogP) is 4.87. The molecule has 2 aliphatic rings. The Hall–Kier alpha value is -2.46. The lowest BCUT2D eigenvalue weighted by atomic mass is 9.76. The summed E-state index contributed by atoms with van der Waals surface area (Å²) >= 11 is 6.49. The standard InChI is InChI=1S/C20H18ClNO3/c1-25-16-10-9-15(21)17-11-7-4-8-12(11)18(22-19(16)17)13-5-2-3-6-14(13)20(23)24/h2-7,9-12,18,22H,8H2,1H3,(H,23,24)/t11-,12+,18-/m0/s1. The van der Waals surface area contributed by atoms with Gasteiger partial charge < -0.3 is 15.2 Å². The van der Waals surface area contributed by atoms with Crippen LogP contribution in [0.15, 0.2) is 48.6 Å². The molecule has 0 bridgehead atoms. The molecule has 0 saturated heterocycles. The first-order valence-electron chi connectivity index (χ1n) is 8.23. The average molecular weight is 356 g/mol. The Bertz CT molecular complexity index is 877. The van der Waals surface area contributed by atoms with Crippen LogP contribution in [0, 0.1) is 5.92 Å². The number of methoxy groups -OCH3 is 1. The number of carboxylic acids is 1. The van der Waals surface area contributed by atoms with Crippen molar-refractivity contribution in [3.63, 3.8) is 0 Å². The minimum atomic E-state index is -0.913. The molecule has 0 saturated carbocycles. The summed E-state index contributed by atoms with van der Waals surface area (Å²) in [7, 11) is 1.63. The number of aromatic carboxylic acids is 1. The Morgan fingerprint density at radius 3 is 2.84 bits per heavy atom. The zero-order chi connectivity index (χ0) is 17.6. The van der Waals surface area contributed by atoms with Crippen molar-refractivity contribution >= 4 is 23.3 Å². The molecule has 0 aromatic heterocycles. The van der Waals surface area contributed by atoms with E-state index in [1.54, 1.807) is 19.2 Å². The van der Waals surface area contributed by atoms with Crippen LogP contribution in [0.4, 0.5) is 5.69 Å². The van der Waals surface area contributed by atoms with Crippen LogP contribution in [-0.2, 0) is 0 Å². The van der Waals surface area contributed by atoms with Crippen molar-refractivity contribution in [3.8, 4) is 5.75 Å². The highest BCUT2D eigenvalue weighted by atomic mass is 35.5. The van der Waals surface area contributed by atoms with Gasteiger partial charge in [0.1, 0.15) is 5.75 Å². The highest BCUT2D eigenvalue weighted by Gasteiger charge is 2.41. The van der Waals surface area contributed by atoms with Crippen LogP contribution >= 0.6 is 11.6 Å². The molecule has 5 heteroatoms. The molecular formula is C20H18ClNO3. The average Bonchev–Trinajstić information content (AvgIpc) is 3.10. The molecule has 4 rings (SSSR count). The third kappa shape index (κ3) is 2.48. The van der Waals surface area contributed by atoms with Crippen LogP contribution in [0.2, 0.25) is 5.02 Å². The van der Waals surface area contributed by atoms with Gasteiger partial charge in [0.2, 0.25) is 0 Å². The number of nitrogens with one attached hydrogen (secondary N) is 1. The first-order chi connectivity index (χ1) is 12.1. The van der Waals surface area contributed by atoms with Gasteiger partial charge in [-0.1, -0.05) is 42.0 Å². The molecule has 0 amide bonds. The Morgan fingerprint density at radius 2 is 2.08 bits per heavy atom. The number of fused-ring (bicyclic) bond motifs is 3. The highest BCUT2D eigenvalue weighted by molar-refractivity contribution is 6.32. The van der Waals surface area contributed by atoms with Gasteiger partial charge in [0, 0.05) is 16.5 Å². The summed E-state index contributed by atoms with van der Waals surface area (Å²) in [5.41, 5.74) is 3.01. The summed E-state index contributed by atoms with van der Waals surface area (Å²) < 4.78 is 5.52. The van der Waals surface area contributed by atoms with E-state index in [0.29, 0.717) is 10.6 Å². The van der Waals surface area contributed by atoms with Crippen LogP contribution in [-0.4, -0.2) is 18.2 Å². The number of allylic oxidation sites excluding steroid dienone is 2. The van der Waals surface area contributed by atoms with E-state index in [9.17, 15) is 9.90 Å². The first kappa shape index (κ1) is 16.0. The van der Waals surface area contributed by atoms with E-state index >= 15 is 0 Å². The van der Waals surface area contributed by atoms with Crippen molar-refractivity contribution in [1.82, 2.24) is 0 Å². The van der Waals surface area contributed by atoms with Crippen LogP contribution in [0.1, 0.15) is 39.9 Å². The number of rotatable bonds is 3. The third-order valence-corrected chi connectivity index (χ3v) is 5.50. The normalized spacial score (nSPS) is 23.5. The van der Waals surface area contributed by atoms with Gasteiger partial charge in [0.15, 0.2) is 0 Å². The number of carboxylic acid groups (broad SMARTS) is 1. The van der Waals surface area contributed by atoms with Crippen LogP contribution in [0.3, 0.4) is 0 Å². The Kier molecular flexibility index (Phi) is 3.92. The lowest BCUT2D eigenvalue weighted by Gasteiger charge is -2.39. The van der Waals surface area contributed by atoms with E-state index in [-0.39, 0.29) is 17.9 Å². The van der Waals surface area contributed by atoms with E-state index in [4.69, 9.17) is 16.3 Å². The van der Waals surface area contributed by atoms with E-state index in [2.05, 4.69) is 17.5 Å². The van der Waals surface area contributed by atoms with Crippen LogP contribution < -0.4 is 10.1 Å². The molecular weight excluding hydrogens is 338 g/mol. The SMILES string of the molecule is COc1ccc(Cl)c2c1N[C@H](c1ccccc1C(=O)O)[C@@H]1CC=C[C@H]21. The van der Waals surface area contributed by atoms with E-state index in [1.807, 2.05) is 24.3 Å². The van der Waals surface area contributed by atoms with Gasteiger partial charge in [-0.25, -0.2) is 4.79 Å². The molecule has 25 heavy (non-hydrogen) atoms. The van der Waals surface area contributed by atoms with Crippen molar-refractivity contribution in [2.75, 3.05) is 12.4 Å². The van der Waals surface area contributed by atoms with E-state index in [0.717, 1.165) is 29.0 Å². The molecule has 4 nitrogen and oxygen atoms in total. The van der Waals surface area contributed by atoms with Crippen LogP contribution in [0.25, 0.3) is 0 Å². The monoisotopic (exact) mass is 355 g/mol. The molecule has 0 unspecified atom stereocenters. The number of halogens is 1. The second-order valence-corrected chi connectivity index (χ2v) is 6.81. The van der Waals surface area contributed by atoms with Gasteiger partial charge in [0.25, 0.3) is 0 Å². The minimum Gasteiger partial charge on any atom is -0.495 e. The molecule has 1 aliphatic carbocycles. The predicted molar refractivity (Wildman–Crippen MR) is 97.8 cm³/mol. The number of benzene rings is 2. The number of ether oxygens (including phenoxy) is 1. The number of anilines is 1. The maximum atomic E-state index is 11.7. The van der Waals surface area contributed by atoms with Crippen molar-refractivity contribution < 1.29 is 14.6 Å². The first-order valence-corrected chi connectivity index (χ1v) is 8.61. The summed E-state index contributed by atoms with van der Waals surface area (Å²) in [5.74, 6) is 0.169. The van der Waals surface area contributed by atoms with E-state index < -0.39 is 5.97 Å². The quantitative estimate of drug-likeness (QED) is 0.771. The summed E-state index contributed by atoms with van der Waals surface area (Å²) in [6.07, 6.45) is 5.20. The van der Waals surface area contributed by atoms with Gasteiger partial charge in [-0.15, -0.1) is 0 Å². The number of hydrogen-bond donors (Lipinski definition) is 2. The minimum absolute atomic E-state index is 0.118. The molecule has 128 valence electrons.